The minimum Gasteiger partial charge on any atom is -0.491 e. The fourth-order valence-electron chi connectivity index (χ4n) is 2.11. The van der Waals surface area contributed by atoms with Crippen molar-refractivity contribution in [3.8, 4) is 5.75 Å². The number of anilines is 1. The molecule has 1 atom stereocenters. The normalized spacial score (nSPS) is 11.6. The van der Waals surface area contributed by atoms with Gasteiger partial charge in [-0.25, -0.2) is 9.18 Å². The molecule has 0 saturated heterocycles. The molecule has 128 valence electrons. The Bertz CT molecular complexity index is 659. The zero-order chi connectivity index (χ0) is 17.4. The van der Waals surface area contributed by atoms with E-state index in [0.29, 0.717) is 18.7 Å². The van der Waals surface area contributed by atoms with Crippen molar-refractivity contribution >= 4 is 11.7 Å². The number of amides is 2. The SMILES string of the molecule is CCC(C)Oc1cccc(NC(=O)NCCc2ccc(F)cc2)c1. The van der Waals surface area contributed by atoms with E-state index < -0.39 is 0 Å². The van der Waals surface area contributed by atoms with E-state index >= 15 is 0 Å². The van der Waals surface area contributed by atoms with E-state index in [4.69, 9.17) is 4.74 Å². The molecule has 0 aliphatic heterocycles. The summed E-state index contributed by atoms with van der Waals surface area (Å²) in [6.07, 6.45) is 1.69. The van der Waals surface area contributed by atoms with Gasteiger partial charge in [0.25, 0.3) is 0 Å². The highest BCUT2D eigenvalue weighted by atomic mass is 19.1. The standard InChI is InChI=1S/C19H23FN2O2/c1-3-14(2)24-18-6-4-5-17(13-18)22-19(23)21-12-11-15-7-9-16(20)10-8-15/h4-10,13-14H,3,11-12H2,1-2H3,(H2,21,22,23). The van der Waals surface area contributed by atoms with Gasteiger partial charge in [0.2, 0.25) is 0 Å². The molecule has 0 bridgehead atoms. The van der Waals surface area contributed by atoms with Gasteiger partial charge >= 0.3 is 6.03 Å². The fourth-order valence-corrected chi connectivity index (χ4v) is 2.11. The minimum atomic E-state index is -0.280. The first kappa shape index (κ1) is 17.8. The first-order valence-electron chi connectivity index (χ1n) is 8.13. The molecule has 0 aromatic heterocycles. The molecule has 5 heteroatoms. The van der Waals surface area contributed by atoms with Crippen LogP contribution in [0.2, 0.25) is 0 Å². The summed E-state index contributed by atoms with van der Waals surface area (Å²) in [7, 11) is 0. The average molecular weight is 330 g/mol. The number of carbonyl (C=O) groups is 1. The molecule has 0 fully saturated rings. The lowest BCUT2D eigenvalue weighted by Gasteiger charge is -2.14. The number of ether oxygens (including phenoxy) is 1. The highest BCUT2D eigenvalue weighted by Gasteiger charge is 2.05. The molecule has 0 heterocycles. The number of rotatable bonds is 7. The Labute approximate surface area is 142 Å². The van der Waals surface area contributed by atoms with Gasteiger partial charge in [0, 0.05) is 18.3 Å². The Hall–Kier alpha value is -2.56. The molecule has 2 aromatic carbocycles. The van der Waals surface area contributed by atoms with Crippen LogP contribution in [0.15, 0.2) is 48.5 Å². The lowest BCUT2D eigenvalue weighted by molar-refractivity contribution is 0.217. The van der Waals surface area contributed by atoms with Crippen molar-refractivity contribution in [1.29, 1.82) is 0 Å². The molecule has 0 aliphatic rings. The third kappa shape index (κ3) is 5.91. The molecule has 1 unspecified atom stereocenters. The van der Waals surface area contributed by atoms with Gasteiger partial charge in [-0.05, 0) is 49.6 Å². The summed E-state index contributed by atoms with van der Waals surface area (Å²) in [5.74, 6) is 0.470. The van der Waals surface area contributed by atoms with Gasteiger partial charge in [-0.1, -0.05) is 25.1 Å². The first-order valence-corrected chi connectivity index (χ1v) is 8.13. The Balaban J connectivity index is 1.79. The zero-order valence-electron chi connectivity index (χ0n) is 14.0. The molecule has 2 N–H and O–H groups in total. The summed E-state index contributed by atoms with van der Waals surface area (Å²) in [4.78, 5) is 11.9. The second-order valence-corrected chi connectivity index (χ2v) is 5.62. The number of halogens is 1. The van der Waals surface area contributed by atoms with E-state index in [2.05, 4.69) is 17.6 Å². The number of urea groups is 1. The van der Waals surface area contributed by atoms with Gasteiger partial charge in [0.05, 0.1) is 6.10 Å². The molecule has 2 amide bonds. The molecule has 0 saturated carbocycles. The first-order chi connectivity index (χ1) is 11.6. The summed E-state index contributed by atoms with van der Waals surface area (Å²) in [5.41, 5.74) is 1.65. The predicted molar refractivity (Wildman–Crippen MR) is 93.9 cm³/mol. The third-order valence-corrected chi connectivity index (χ3v) is 3.62. The fraction of sp³-hybridized carbons (Fsp3) is 0.316. The van der Waals surface area contributed by atoms with E-state index in [1.807, 2.05) is 25.1 Å². The summed E-state index contributed by atoms with van der Waals surface area (Å²) in [5, 5.41) is 5.56. The second-order valence-electron chi connectivity index (χ2n) is 5.62. The Morgan fingerprint density at radius 1 is 1.21 bits per heavy atom. The van der Waals surface area contributed by atoms with Gasteiger partial charge in [-0.15, -0.1) is 0 Å². The molecule has 0 radical (unpaired) electrons. The van der Waals surface area contributed by atoms with E-state index in [9.17, 15) is 9.18 Å². The van der Waals surface area contributed by atoms with Crippen molar-refractivity contribution in [3.05, 3.63) is 59.9 Å². The molecule has 24 heavy (non-hydrogen) atoms. The number of carbonyl (C=O) groups excluding carboxylic acids is 1. The van der Waals surface area contributed by atoms with Crippen LogP contribution in [-0.2, 0) is 6.42 Å². The van der Waals surface area contributed by atoms with Crippen LogP contribution < -0.4 is 15.4 Å². The van der Waals surface area contributed by atoms with Gasteiger partial charge in [-0.2, -0.15) is 0 Å². The maximum absolute atomic E-state index is 12.8. The quantitative estimate of drug-likeness (QED) is 0.792. The van der Waals surface area contributed by atoms with Gasteiger partial charge < -0.3 is 15.4 Å². The van der Waals surface area contributed by atoms with Crippen LogP contribution >= 0.6 is 0 Å². The maximum atomic E-state index is 12.8. The average Bonchev–Trinajstić information content (AvgIpc) is 2.57. The van der Waals surface area contributed by atoms with E-state index in [0.717, 1.165) is 17.7 Å². The van der Waals surface area contributed by atoms with Crippen molar-refractivity contribution in [2.24, 2.45) is 0 Å². The van der Waals surface area contributed by atoms with Crippen LogP contribution in [0.25, 0.3) is 0 Å². The maximum Gasteiger partial charge on any atom is 0.319 e. The van der Waals surface area contributed by atoms with Crippen molar-refractivity contribution in [2.45, 2.75) is 32.8 Å². The third-order valence-electron chi connectivity index (χ3n) is 3.62. The summed E-state index contributed by atoms with van der Waals surface area (Å²) in [6, 6.07) is 13.3. The molecule has 2 aromatic rings. The van der Waals surface area contributed by atoms with Crippen LogP contribution in [-0.4, -0.2) is 18.7 Å². The van der Waals surface area contributed by atoms with Crippen LogP contribution in [0.4, 0.5) is 14.9 Å². The van der Waals surface area contributed by atoms with Crippen molar-refractivity contribution in [2.75, 3.05) is 11.9 Å². The van der Waals surface area contributed by atoms with E-state index in [-0.39, 0.29) is 18.0 Å². The van der Waals surface area contributed by atoms with Crippen LogP contribution in [0.1, 0.15) is 25.8 Å². The Kier molecular flexibility index (Phi) is 6.61. The minimum absolute atomic E-state index is 0.129. The van der Waals surface area contributed by atoms with Crippen molar-refractivity contribution < 1.29 is 13.9 Å². The zero-order valence-corrected chi connectivity index (χ0v) is 14.0. The van der Waals surface area contributed by atoms with Crippen LogP contribution in [0, 0.1) is 5.82 Å². The summed E-state index contributed by atoms with van der Waals surface area (Å²) in [6.45, 7) is 4.53. The van der Waals surface area contributed by atoms with Crippen molar-refractivity contribution in [1.82, 2.24) is 5.32 Å². The smallest absolute Gasteiger partial charge is 0.319 e. The molecule has 0 spiro atoms. The summed E-state index contributed by atoms with van der Waals surface area (Å²) >= 11 is 0. The van der Waals surface area contributed by atoms with Gasteiger partial charge in [0.15, 0.2) is 0 Å². The largest absolute Gasteiger partial charge is 0.491 e. The molecular formula is C19H23FN2O2. The topological polar surface area (TPSA) is 50.4 Å². The highest BCUT2D eigenvalue weighted by molar-refractivity contribution is 5.89. The number of hydrogen-bond donors (Lipinski definition) is 2. The van der Waals surface area contributed by atoms with Gasteiger partial charge in [-0.3, -0.25) is 0 Å². The molecular weight excluding hydrogens is 307 g/mol. The van der Waals surface area contributed by atoms with Gasteiger partial charge in [0.1, 0.15) is 11.6 Å². The number of benzene rings is 2. The number of hydrogen-bond acceptors (Lipinski definition) is 2. The predicted octanol–water partition coefficient (Wildman–Crippen LogP) is 4.37. The highest BCUT2D eigenvalue weighted by Crippen LogP contribution is 2.19. The Morgan fingerprint density at radius 2 is 1.96 bits per heavy atom. The van der Waals surface area contributed by atoms with Crippen LogP contribution in [0.5, 0.6) is 5.75 Å². The molecule has 0 aliphatic carbocycles. The van der Waals surface area contributed by atoms with Crippen LogP contribution in [0.3, 0.4) is 0 Å². The lowest BCUT2D eigenvalue weighted by Crippen LogP contribution is -2.30. The molecule has 2 rings (SSSR count). The molecule has 4 nitrogen and oxygen atoms in total. The van der Waals surface area contributed by atoms with E-state index in [1.54, 1.807) is 18.2 Å². The van der Waals surface area contributed by atoms with Crippen molar-refractivity contribution in [3.63, 3.8) is 0 Å². The van der Waals surface area contributed by atoms with E-state index in [1.165, 1.54) is 12.1 Å². The Morgan fingerprint density at radius 3 is 2.67 bits per heavy atom. The monoisotopic (exact) mass is 330 g/mol. The lowest BCUT2D eigenvalue weighted by atomic mass is 10.1. The number of nitrogens with one attached hydrogen (secondary N) is 2. The summed E-state index contributed by atoms with van der Waals surface area (Å²) < 4.78 is 18.6. The second kappa shape index (κ2) is 8.91.